The van der Waals surface area contributed by atoms with Gasteiger partial charge in [-0.2, -0.15) is 0 Å². The van der Waals surface area contributed by atoms with Crippen molar-refractivity contribution in [3.05, 3.63) is 0 Å². The van der Waals surface area contributed by atoms with E-state index in [0.29, 0.717) is 12.0 Å². The zero-order chi connectivity index (χ0) is 9.19. The van der Waals surface area contributed by atoms with Crippen molar-refractivity contribution < 1.29 is 4.74 Å². The van der Waals surface area contributed by atoms with E-state index in [1.807, 2.05) is 0 Å². The molecule has 0 aliphatic carbocycles. The van der Waals surface area contributed by atoms with Crippen LogP contribution in [0.3, 0.4) is 0 Å². The Bertz CT molecular complexity index is 135. The third-order valence-electron chi connectivity index (χ3n) is 3.09. The fourth-order valence-electron chi connectivity index (χ4n) is 1.33. The van der Waals surface area contributed by atoms with Crippen LogP contribution in [0.4, 0.5) is 0 Å². The normalized spacial score (nSPS) is 44.0. The summed E-state index contributed by atoms with van der Waals surface area (Å²) >= 11 is 0. The van der Waals surface area contributed by atoms with Gasteiger partial charge < -0.3 is 10.1 Å². The standard InChI is InChI=1S/C10H21NO/c1-5-10(4)7-11-9(3)8(2)6-12-10/h8-9,11H,5-7H2,1-4H3. The van der Waals surface area contributed by atoms with Crippen molar-refractivity contribution in [2.24, 2.45) is 5.92 Å². The topological polar surface area (TPSA) is 21.3 Å². The van der Waals surface area contributed by atoms with Crippen molar-refractivity contribution in [1.29, 1.82) is 0 Å². The lowest BCUT2D eigenvalue weighted by molar-refractivity contribution is -0.0317. The van der Waals surface area contributed by atoms with Crippen LogP contribution in [0.5, 0.6) is 0 Å². The van der Waals surface area contributed by atoms with Gasteiger partial charge in [-0.15, -0.1) is 0 Å². The minimum atomic E-state index is 0.0546. The van der Waals surface area contributed by atoms with Gasteiger partial charge in [-0.05, 0) is 26.2 Å². The predicted molar refractivity (Wildman–Crippen MR) is 51.3 cm³/mol. The van der Waals surface area contributed by atoms with Crippen molar-refractivity contribution >= 4 is 0 Å². The van der Waals surface area contributed by atoms with Gasteiger partial charge in [0.05, 0.1) is 12.2 Å². The molecule has 0 amide bonds. The summed E-state index contributed by atoms with van der Waals surface area (Å²) in [6.45, 7) is 10.7. The van der Waals surface area contributed by atoms with Crippen LogP contribution in [-0.4, -0.2) is 24.8 Å². The highest BCUT2D eigenvalue weighted by Crippen LogP contribution is 2.20. The Morgan fingerprint density at radius 3 is 2.75 bits per heavy atom. The van der Waals surface area contributed by atoms with Crippen LogP contribution in [-0.2, 0) is 4.74 Å². The average molecular weight is 171 g/mol. The molecule has 0 aromatic heterocycles. The van der Waals surface area contributed by atoms with Crippen LogP contribution in [0.1, 0.15) is 34.1 Å². The molecule has 1 rings (SSSR count). The molecular formula is C10H21NO. The van der Waals surface area contributed by atoms with E-state index in [-0.39, 0.29) is 5.60 Å². The number of hydrogen-bond donors (Lipinski definition) is 1. The number of nitrogens with one attached hydrogen (secondary N) is 1. The van der Waals surface area contributed by atoms with Crippen molar-refractivity contribution in [3.8, 4) is 0 Å². The third kappa shape index (κ3) is 2.20. The number of ether oxygens (including phenoxy) is 1. The van der Waals surface area contributed by atoms with Crippen LogP contribution < -0.4 is 5.32 Å². The highest BCUT2D eigenvalue weighted by Gasteiger charge is 2.28. The van der Waals surface area contributed by atoms with E-state index < -0.39 is 0 Å². The van der Waals surface area contributed by atoms with E-state index in [0.717, 1.165) is 19.6 Å². The summed E-state index contributed by atoms with van der Waals surface area (Å²) in [5.41, 5.74) is 0.0546. The maximum absolute atomic E-state index is 5.86. The van der Waals surface area contributed by atoms with Crippen LogP contribution in [0.2, 0.25) is 0 Å². The van der Waals surface area contributed by atoms with Gasteiger partial charge in [-0.3, -0.25) is 0 Å². The molecule has 3 atom stereocenters. The highest BCUT2D eigenvalue weighted by molar-refractivity contribution is 4.83. The zero-order valence-corrected chi connectivity index (χ0v) is 8.68. The summed E-state index contributed by atoms with van der Waals surface area (Å²) in [5.74, 6) is 0.623. The van der Waals surface area contributed by atoms with Gasteiger partial charge in [0.1, 0.15) is 0 Å². The Hall–Kier alpha value is -0.0800. The Labute approximate surface area is 75.7 Å². The molecule has 0 radical (unpaired) electrons. The summed E-state index contributed by atoms with van der Waals surface area (Å²) in [6, 6.07) is 0.582. The molecule has 2 heteroatoms. The number of hydrogen-bond acceptors (Lipinski definition) is 2. The van der Waals surface area contributed by atoms with Gasteiger partial charge in [0, 0.05) is 12.6 Å². The van der Waals surface area contributed by atoms with E-state index in [9.17, 15) is 0 Å². The molecule has 0 spiro atoms. The second-order valence-corrected chi connectivity index (χ2v) is 4.26. The van der Waals surface area contributed by atoms with Crippen LogP contribution in [0, 0.1) is 5.92 Å². The Morgan fingerprint density at radius 1 is 1.50 bits per heavy atom. The maximum Gasteiger partial charge on any atom is 0.0775 e. The van der Waals surface area contributed by atoms with Crippen molar-refractivity contribution in [1.82, 2.24) is 5.32 Å². The first-order chi connectivity index (χ1) is 5.57. The molecule has 0 saturated carbocycles. The molecule has 1 N–H and O–H groups in total. The van der Waals surface area contributed by atoms with Crippen molar-refractivity contribution in [2.45, 2.75) is 45.8 Å². The first-order valence-corrected chi connectivity index (χ1v) is 4.95. The predicted octanol–water partition coefficient (Wildman–Crippen LogP) is 1.80. The Kier molecular flexibility index (Phi) is 3.13. The lowest BCUT2D eigenvalue weighted by Crippen LogP contribution is -2.40. The Balaban J connectivity index is 2.54. The summed E-state index contributed by atoms with van der Waals surface area (Å²) < 4.78 is 5.86. The fourth-order valence-corrected chi connectivity index (χ4v) is 1.33. The van der Waals surface area contributed by atoms with Crippen molar-refractivity contribution in [2.75, 3.05) is 13.2 Å². The van der Waals surface area contributed by atoms with E-state index in [1.165, 1.54) is 0 Å². The van der Waals surface area contributed by atoms with Gasteiger partial charge in [-0.25, -0.2) is 0 Å². The van der Waals surface area contributed by atoms with E-state index in [1.54, 1.807) is 0 Å². The van der Waals surface area contributed by atoms with Gasteiger partial charge >= 0.3 is 0 Å². The molecule has 0 bridgehead atoms. The van der Waals surface area contributed by atoms with Gasteiger partial charge in [0.15, 0.2) is 0 Å². The van der Waals surface area contributed by atoms with Gasteiger partial charge in [0.25, 0.3) is 0 Å². The number of rotatable bonds is 1. The second kappa shape index (κ2) is 3.75. The molecule has 0 aromatic rings. The molecule has 72 valence electrons. The maximum atomic E-state index is 5.86. The molecule has 1 heterocycles. The van der Waals surface area contributed by atoms with Gasteiger partial charge in [0.2, 0.25) is 0 Å². The quantitative estimate of drug-likeness (QED) is 0.649. The summed E-state index contributed by atoms with van der Waals surface area (Å²) in [6.07, 6.45) is 1.08. The van der Waals surface area contributed by atoms with Gasteiger partial charge in [-0.1, -0.05) is 13.8 Å². The van der Waals surface area contributed by atoms with Crippen LogP contribution in [0.15, 0.2) is 0 Å². The molecule has 1 saturated heterocycles. The summed E-state index contributed by atoms with van der Waals surface area (Å²) in [5, 5.41) is 3.51. The summed E-state index contributed by atoms with van der Waals surface area (Å²) in [4.78, 5) is 0. The molecule has 2 nitrogen and oxygen atoms in total. The fraction of sp³-hybridized carbons (Fsp3) is 1.00. The van der Waals surface area contributed by atoms with Crippen LogP contribution in [0.25, 0.3) is 0 Å². The largest absolute Gasteiger partial charge is 0.374 e. The molecule has 1 aliphatic rings. The van der Waals surface area contributed by atoms with E-state index in [2.05, 4.69) is 33.0 Å². The van der Waals surface area contributed by atoms with Crippen molar-refractivity contribution in [3.63, 3.8) is 0 Å². The zero-order valence-electron chi connectivity index (χ0n) is 8.68. The SMILES string of the molecule is CCC1(C)CNC(C)C(C)CO1. The summed E-state index contributed by atoms with van der Waals surface area (Å²) in [7, 11) is 0. The molecule has 3 unspecified atom stereocenters. The minimum absolute atomic E-state index is 0.0546. The average Bonchev–Trinajstić information content (AvgIpc) is 2.20. The smallest absolute Gasteiger partial charge is 0.0775 e. The first-order valence-electron chi connectivity index (χ1n) is 4.95. The second-order valence-electron chi connectivity index (χ2n) is 4.26. The molecule has 0 aromatic carbocycles. The van der Waals surface area contributed by atoms with E-state index >= 15 is 0 Å². The molecule has 12 heavy (non-hydrogen) atoms. The van der Waals surface area contributed by atoms with E-state index in [4.69, 9.17) is 4.74 Å². The monoisotopic (exact) mass is 171 g/mol. The molecular weight excluding hydrogens is 150 g/mol. The van der Waals surface area contributed by atoms with Crippen LogP contribution >= 0.6 is 0 Å². The lowest BCUT2D eigenvalue weighted by atomic mass is 10.0. The first kappa shape index (κ1) is 10.0. The molecule has 1 aliphatic heterocycles. The molecule has 1 fully saturated rings. The lowest BCUT2D eigenvalue weighted by Gasteiger charge is -2.26. The minimum Gasteiger partial charge on any atom is -0.374 e. The highest BCUT2D eigenvalue weighted by atomic mass is 16.5. The third-order valence-corrected chi connectivity index (χ3v) is 3.09. The Morgan fingerprint density at radius 2 is 2.17 bits per heavy atom.